The molecule has 0 spiro atoms. The Morgan fingerprint density at radius 2 is 1.96 bits per heavy atom. The van der Waals surface area contributed by atoms with Crippen LogP contribution in [0.2, 0.25) is 0 Å². The molecule has 4 heteroatoms. The molecule has 0 aliphatic carbocycles. The maximum atomic E-state index is 10.5. The molecule has 0 saturated carbocycles. The highest BCUT2D eigenvalue weighted by molar-refractivity contribution is 5.92. The lowest BCUT2D eigenvalue weighted by atomic mass is 9.99. The van der Waals surface area contributed by atoms with Gasteiger partial charge in [-0.2, -0.15) is 0 Å². The Balaban J connectivity index is 1.74. The predicted molar refractivity (Wildman–Crippen MR) is 101 cm³/mol. The first kappa shape index (κ1) is 17.2. The van der Waals surface area contributed by atoms with E-state index in [0.29, 0.717) is 0 Å². The Morgan fingerprint density at radius 3 is 2.72 bits per heavy atom. The largest absolute Gasteiger partial charge is 0.481 e. The highest BCUT2D eigenvalue weighted by atomic mass is 16.4. The number of aryl methyl sites for hydroxylation is 2. The highest BCUT2D eigenvalue weighted by Crippen LogP contribution is 2.32. The van der Waals surface area contributed by atoms with Crippen LogP contribution in [0.3, 0.4) is 0 Å². The maximum absolute atomic E-state index is 10.5. The van der Waals surface area contributed by atoms with Crippen LogP contribution in [-0.4, -0.2) is 21.0 Å². The summed E-state index contributed by atoms with van der Waals surface area (Å²) in [7, 11) is 0. The van der Waals surface area contributed by atoms with Crippen LogP contribution in [0.1, 0.15) is 43.2 Å². The third-order valence-electron chi connectivity index (χ3n) is 4.70. The molecule has 1 aromatic carbocycles. The third-order valence-corrected chi connectivity index (χ3v) is 4.70. The number of carbonyl (C=O) groups is 1. The standard InChI is InChI=1S/C21H24N2O2/c1-15-20-16(8-4-2-3-5-12-19(24)25)9-6-11-18(20)23-21(15)17-10-7-13-22-14-17/h6-7,9-11,13-14,23H,2-5,8,12H2,1H3,(H,24,25). The summed E-state index contributed by atoms with van der Waals surface area (Å²) >= 11 is 0. The molecular weight excluding hydrogens is 312 g/mol. The number of nitrogens with zero attached hydrogens (tertiary/aromatic N) is 1. The Hall–Kier alpha value is -2.62. The summed E-state index contributed by atoms with van der Waals surface area (Å²) in [5.74, 6) is -0.698. The number of hydrogen-bond donors (Lipinski definition) is 2. The van der Waals surface area contributed by atoms with Gasteiger partial charge in [0, 0.05) is 35.3 Å². The molecule has 0 bridgehead atoms. The van der Waals surface area contributed by atoms with Crippen molar-refractivity contribution in [2.24, 2.45) is 0 Å². The highest BCUT2D eigenvalue weighted by Gasteiger charge is 2.12. The van der Waals surface area contributed by atoms with Gasteiger partial charge in [0.25, 0.3) is 0 Å². The van der Waals surface area contributed by atoms with Crippen LogP contribution in [0.25, 0.3) is 22.2 Å². The molecule has 0 fully saturated rings. The first-order chi connectivity index (χ1) is 12.2. The Bertz CT molecular complexity index is 853. The summed E-state index contributed by atoms with van der Waals surface area (Å²) in [5, 5.41) is 10.00. The van der Waals surface area contributed by atoms with Crippen molar-refractivity contribution in [3.8, 4) is 11.3 Å². The molecule has 0 radical (unpaired) electrons. The van der Waals surface area contributed by atoms with Crippen LogP contribution in [0.5, 0.6) is 0 Å². The number of benzene rings is 1. The van der Waals surface area contributed by atoms with Crippen molar-refractivity contribution >= 4 is 16.9 Å². The van der Waals surface area contributed by atoms with Gasteiger partial charge in [0.15, 0.2) is 0 Å². The van der Waals surface area contributed by atoms with Gasteiger partial charge in [-0.1, -0.05) is 25.0 Å². The summed E-state index contributed by atoms with van der Waals surface area (Å²) in [5.41, 5.74) is 6.04. The first-order valence-corrected chi connectivity index (χ1v) is 8.89. The molecule has 0 atom stereocenters. The lowest BCUT2D eigenvalue weighted by molar-refractivity contribution is -0.137. The van der Waals surface area contributed by atoms with Gasteiger partial charge in [-0.25, -0.2) is 0 Å². The zero-order chi connectivity index (χ0) is 17.6. The fourth-order valence-corrected chi connectivity index (χ4v) is 3.45. The number of pyridine rings is 1. The fourth-order valence-electron chi connectivity index (χ4n) is 3.45. The SMILES string of the molecule is Cc1c(-c2cccnc2)[nH]c2cccc(CCCCCCC(=O)O)c12. The smallest absolute Gasteiger partial charge is 0.303 e. The molecule has 0 amide bonds. The van der Waals surface area contributed by atoms with Gasteiger partial charge in [0.05, 0.1) is 5.69 Å². The lowest BCUT2D eigenvalue weighted by Gasteiger charge is -2.05. The number of carboxylic acids is 1. The fraction of sp³-hybridized carbons (Fsp3) is 0.333. The number of carboxylic acid groups (broad SMARTS) is 1. The van der Waals surface area contributed by atoms with Gasteiger partial charge in [-0.3, -0.25) is 9.78 Å². The summed E-state index contributed by atoms with van der Waals surface area (Å²) in [6, 6.07) is 10.5. The number of aromatic nitrogens is 2. The van der Waals surface area contributed by atoms with E-state index in [2.05, 4.69) is 41.2 Å². The van der Waals surface area contributed by atoms with Gasteiger partial charge in [0.2, 0.25) is 0 Å². The number of rotatable bonds is 8. The predicted octanol–water partition coefficient (Wildman–Crippen LogP) is 5.12. The summed E-state index contributed by atoms with van der Waals surface area (Å²) in [6.07, 6.45) is 8.89. The number of nitrogens with one attached hydrogen (secondary N) is 1. The molecule has 0 aliphatic rings. The Labute approximate surface area is 147 Å². The van der Waals surface area contributed by atoms with E-state index in [9.17, 15) is 4.79 Å². The second-order valence-corrected chi connectivity index (χ2v) is 6.51. The van der Waals surface area contributed by atoms with Gasteiger partial charge in [-0.05, 0) is 55.5 Å². The zero-order valence-corrected chi connectivity index (χ0v) is 14.6. The molecule has 4 nitrogen and oxygen atoms in total. The number of aliphatic carboxylic acids is 1. The average molecular weight is 336 g/mol. The molecule has 2 heterocycles. The molecule has 3 aromatic rings. The number of hydrogen-bond acceptors (Lipinski definition) is 2. The van der Waals surface area contributed by atoms with E-state index >= 15 is 0 Å². The lowest BCUT2D eigenvalue weighted by Crippen LogP contribution is -1.94. The van der Waals surface area contributed by atoms with Crippen molar-refractivity contribution in [2.75, 3.05) is 0 Å². The molecule has 3 rings (SSSR count). The van der Waals surface area contributed by atoms with Crippen LogP contribution in [0, 0.1) is 6.92 Å². The summed E-state index contributed by atoms with van der Waals surface area (Å²) in [6.45, 7) is 2.16. The topological polar surface area (TPSA) is 66.0 Å². The maximum Gasteiger partial charge on any atom is 0.303 e. The first-order valence-electron chi connectivity index (χ1n) is 8.89. The van der Waals surface area contributed by atoms with E-state index < -0.39 is 5.97 Å². The molecule has 130 valence electrons. The normalized spacial score (nSPS) is 11.1. The van der Waals surface area contributed by atoms with E-state index in [0.717, 1.165) is 43.4 Å². The van der Waals surface area contributed by atoms with Crippen LogP contribution in [0.15, 0.2) is 42.7 Å². The molecular formula is C21H24N2O2. The van der Waals surface area contributed by atoms with Gasteiger partial charge < -0.3 is 10.1 Å². The third kappa shape index (κ3) is 4.08. The van der Waals surface area contributed by atoms with Crippen molar-refractivity contribution in [1.29, 1.82) is 0 Å². The molecule has 0 unspecified atom stereocenters. The van der Waals surface area contributed by atoms with Gasteiger partial charge >= 0.3 is 5.97 Å². The van der Waals surface area contributed by atoms with Crippen molar-refractivity contribution in [2.45, 2.75) is 45.4 Å². The van der Waals surface area contributed by atoms with Crippen molar-refractivity contribution < 1.29 is 9.90 Å². The van der Waals surface area contributed by atoms with Crippen molar-refractivity contribution in [1.82, 2.24) is 9.97 Å². The van der Waals surface area contributed by atoms with E-state index in [1.165, 1.54) is 22.0 Å². The second kappa shape index (κ2) is 7.97. The van der Waals surface area contributed by atoms with Gasteiger partial charge in [-0.15, -0.1) is 0 Å². The number of unbranched alkanes of at least 4 members (excludes halogenated alkanes) is 3. The van der Waals surface area contributed by atoms with E-state index in [4.69, 9.17) is 5.11 Å². The molecule has 2 N–H and O–H groups in total. The number of H-pyrrole nitrogens is 1. The number of aromatic amines is 1. The van der Waals surface area contributed by atoms with Crippen molar-refractivity contribution in [3.63, 3.8) is 0 Å². The zero-order valence-electron chi connectivity index (χ0n) is 14.6. The average Bonchev–Trinajstić information content (AvgIpc) is 2.96. The number of fused-ring (bicyclic) bond motifs is 1. The van der Waals surface area contributed by atoms with E-state index in [-0.39, 0.29) is 6.42 Å². The Kier molecular flexibility index (Phi) is 5.49. The van der Waals surface area contributed by atoms with Crippen LogP contribution in [-0.2, 0) is 11.2 Å². The van der Waals surface area contributed by atoms with E-state index in [1.807, 2.05) is 12.3 Å². The summed E-state index contributed by atoms with van der Waals surface area (Å²) in [4.78, 5) is 18.3. The van der Waals surface area contributed by atoms with Crippen molar-refractivity contribution in [3.05, 3.63) is 53.9 Å². The quantitative estimate of drug-likeness (QED) is 0.561. The minimum atomic E-state index is -0.698. The second-order valence-electron chi connectivity index (χ2n) is 6.51. The summed E-state index contributed by atoms with van der Waals surface area (Å²) < 4.78 is 0. The molecule has 2 aromatic heterocycles. The molecule has 0 saturated heterocycles. The van der Waals surface area contributed by atoms with Crippen LogP contribution < -0.4 is 0 Å². The van der Waals surface area contributed by atoms with Gasteiger partial charge in [0.1, 0.15) is 0 Å². The monoisotopic (exact) mass is 336 g/mol. The Morgan fingerprint density at radius 1 is 1.12 bits per heavy atom. The van der Waals surface area contributed by atoms with E-state index in [1.54, 1.807) is 6.20 Å². The minimum Gasteiger partial charge on any atom is -0.481 e. The van der Waals surface area contributed by atoms with Crippen LogP contribution in [0.4, 0.5) is 0 Å². The minimum absolute atomic E-state index is 0.279. The van der Waals surface area contributed by atoms with Crippen LogP contribution >= 0.6 is 0 Å². The molecule has 0 aliphatic heterocycles. The molecule has 25 heavy (non-hydrogen) atoms.